The van der Waals surface area contributed by atoms with E-state index in [0.717, 1.165) is 6.42 Å². The molecule has 2 atom stereocenters. The topological polar surface area (TPSA) is 29.5 Å². The lowest BCUT2D eigenvalue weighted by Gasteiger charge is -2.22. The van der Waals surface area contributed by atoms with E-state index >= 15 is 0 Å². The number of rotatable bonds is 2. The van der Waals surface area contributed by atoms with Crippen LogP contribution in [0.5, 0.6) is 0 Å². The molecule has 0 aromatic heterocycles. The number of carbonyl (C=O) groups excluding carboxylic acids is 1. The maximum atomic E-state index is 11.8. The number of hydroxylamine groups is 2. The highest BCUT2D eigenvalue weighted by atomic mass is 16.7. The van der Waals surface area contributed by atoms with E-state index in [2.05, 4.69) is 19.1 Å². The predicted octanol–water partition coefficient (Wildman–Crippen LogP) is 3.58. The lowest BCUT2D eigenvalue weighted by Crippen LogP contribution is -2.37. The van der Waals surface area contributed by atoms with E-state index in [9.17, 15) is 4.79 Å². The zero-order chi connectivity index (χ0) is 14.5. The van der Waals surface area contributed by atoms with Gasteiger partial charge in [-0.2, -0.15) is 0 Å². The van der Waals surface area contributed by atoms with Crippen LogP contribution in [0.4, 0.5) is 0 Å². The average molecular weight is 275 g/mol. The molecule has 0 spiro atoms. The summed E-state index contributed by atoms with van der Waals surface area (Å²) in [4.78, 5) is 17.1. The monoisotopic (exact) mass is 275 g/mol. The van der Waals surface area contributed by atoms with Crippen molar-refractivity contribution in [2.45, 2.75) is 46.1 Å². The Kier molecular flexibility index (Phi) is 5.18. The van der Waals surface area contributed by atoms with Crippen LogP contribution in [0.3, 0.4) is 0 Å². The smallest absolute Gasteiger partial charge is 0.249 e. The van der Waals surface area contributed by atoms with E-state index in [1.165, 1.54) is 18.4 Å². The van der Waals surface area contributed by atoms with Crippen molar-refractivity contribution in [2.24, 2.45) is 11.8 Å². The summed E-state index contributed by atoms with van der Waals surface area (Å²) in [6, 6.07) is 10.5. The molecule has 1 saturated heterocycles. The summed E-state index contributed by atoms with van der Waals surface area (Å²) in [7, 11) is 0. The predicted molar refractivity (Wildman–Crippen MR) is 79.9 cm³/mol. The van der Waals surface area contributed by atoms with Crippen molar-refractivity contribution in [1.29, 1.82) is 0 Å². The fourth-order valence-corrected chi connectivity index (χ4v) is 2.38. The standard InChI is InChI=1S/C10H17NO2.C7H8/c1-7-5-6-13-11(7)10(12)8(2)9-3-4-9;1-7-5-3-2-4-6-7/h7-9H,3-6H2,1-2H3;2-6H,1H3. The van der Waals surface area contributed by atoms with Gasteiger partial charge in [0.15, 0.2) is 0 Å². The maximum Gasteiger partial charge on any atom is 0.249 e. The summed E-state index contributed by atoms with van der Waals surface area (Å²) in [5, 5.41) is 1.59. The highest BCUT2D eigenvalue weighted by molar-refractivity contribution is 5.78. The van der Waals surface area contributed by atoms with Crippen LogP contribution < -0.4 is 0 Å². The summed E-state index contributed by atoms with van der Waals surface area (Å²) < 4.78 is 0. The number of hydrogen-bond acceptors (Lipinski definition) is 2. The fourth-order valence-electron chi connectivity index (χ4n) is 2.38. The van der Waals surface area contributed by atoms with Crippen molar-refractivity contribution in [3.05, 3.63) is 35.9 Å². The number of aryl methyl sites for hydroxylation is 1. The Balaban J connectivity index is 0.000000178. The van der Waals surface area contributed by atoms with Crippen LogP contribution in [0.2, 0.25) is 0 Å². The molecule has 2 unspecified atom stereocenters. The molecule has 0 bridgehead atoms. The number of carbonyl (C=O) groups is 1. The van der Waals surface area contributed by atoms with E-state index in [1.54, 1.807) is 5.06 Å². The van der Waals surface area contributed by atoms with Gasteiger partial charge in [-0.3, -0.25) is 9.63 Å². The number of benzene rings is 1. The molecule has 110 valence electrons. The van der Waals surface area contributed by atoms with Crippen LogP contribution in [-0.4, -0.2) is 23.6 Å². The maximum absolute atomic E-state index is 11.8. The average Bonchev–Trinajstić information content (AvgIpc) is 3.21. The molecule has 1 aromatic rings. The van der Waals surface area contributed by atoms with Gasteiger partial charge >= 0.3 is 0 Å². The van der Waals surface area contributed by atoms with Crippen LogP contribution >= 0.6 is 0 Å². The van der Waals surface area contributed by atoms with Crippen LogP contribution in [-0.2, 0) is 9.63 Å². The third kappa shape index (κ3) is 4.07. The molecule has 3 nitrogen and oxygen atoms in total. The van der Waals surface area contributed by atoms with Crippen molar-refractivity contribution in [2.75, 3.05) is 6.61 Å². The summed E-state index contributed by atoms with van der Waals surface area (Å²) in [6.07, 6.45) is 3.41. The molecule has 1 amide bonds. The first-order chi connectivity index (χ1) is 9.59. The Labute approximate surface area is 121 Å². The van der Waals surface area contributed by atoms with Gasteiger partial charge in [0.25, 0.3) is 0 Å². The lowest BCUT2D eigenvalue weighted by molar-refractivity contribution is -0.180. The van der Waals surface area contributed by atoms with E-state index in [0.29, 0.717) is 12.5 Å². The zero-order valence-electron chi connectivity index (χ0n) is 12.7. The van der Waals surface area contributed by atoms with Gasteiger partial charge in [-0.1, -0.05) is 42.8 Å². The van der Waals surface area contributed by atoms with Gasteiger partial charge in [-0.05, 0) is 39.0 Å². The Morgan fingerprint density at radius 1 is 1.25 bits per heavy atom. The third-order valence-corrected chi connectivity index (χ3v) is 4.04. The minimum Gasteiger partial charge on any atom is -0.272 e. The van der Waals surface area contributed by atoms with E-state index in [-0.39, 0.29) is 17.9 Å². The molecule has 3 rings (SSSR count). The summed E-state index contributed by atoms with van der Waals surface area (Å²) in [5.41, 5.74) is 1.32. The molecule has 1 aliphatic carbocycles. The first-order valence-electron chi connectivity index (χ1n) is 7.57. The van der Waals surface area contributed by atoms with Crippen LogP contribution in [0.1, 0.15) is 38.7 Å². The van der Waals surface area contributed by atoms with Crippen LogP contribution in [0.15, 0.2) is 30.3 Å². The quantitative estimate of drug-likeness (QED) is 0.825. The Hall–Kier alpha value is -1.35. The van der Waals surface area contributed by atoms with Crippen molar-refractivity contribution in [3.63, 3.8) is 0 Å². The summed E-state index contributed by atoms with van der Waals surface area (Å²) >= 11 is 0. The Bertz CT molecular complexity index is 428. The fraction of sp³-hybridized carbons (Fsp3) is 0.588. The van der Waals surface area contributed by atoms with Gasteiger partial charge in [0.1, 0.15) is 0 Å². The van der Waals surface area contributed by atoms with Crippen LogP contribution in [0, 0.1) is 18.8 Å². The molecule has 1 saturated carbocycles. The molecule has 0 N–H and O–H groups in total. The second-order valence-electron chi connectivity index (χ2n) is 5.92. The molecule has 2 aliphatic rings. The number of amides is 1. The minimum atomic E-state index is 0.167. The van der Waals surface area contributed by atoms with Crippen LogP contribution in [0.25, 0.3) is 0 Å². The molecule has 1 heterocycles. The normalized spacial score (nSPS) is 22.9. The SMILES string of the molecule is CC(C(=O)N1OCCC1C)C1CC1.Cc1ccccc1. The van der Waals surface area contributed by atoms with Crippen molar-refractivity contribution in [1.82, 2.24) is 5.06 Å². The van der Waals surface area contributed by atoms with Gasteiger partial charge in [-0.25, -0.2) is 5.06 Å². The minimum absolute atomic E-state index is 0.167. The van der Waals surface area contributed by atoms with Gasteiger partial charge in [0, 0.05) is 5.92 Å². The van der Waals surface area contributed by atoms with E-state index in [1.807, 2.05) is 32.0 Å². The molecular weight excluding hydrogens is 250 g/mol. The molecule has 0 radical (unpaired) electrons. The number of nitrogens with zero attached hydrogens (tertiary/aromatic N) is 1. The summed E-state index contributed by atoms with van der Waals surface area (Å²) in [5.74, 6) is 0.983. The lowest BCUT2D eigenvalue weighted by atomic mass is 10.1. The Morgan fingerprint density at radius 2 is 1.90 bits per heavy atom. The summed E-state index contributed by atoms with van der Waals surface area (Å²) in [6.45, 7) is 6.85. The molecule has 2 fully saturated rings. The largest absolute Gasteiger partial charge is 0.272 e. The number of hydrogen-bond donors (Lipinski definition) is 0. The second-order valence-corrected chi connectivity index (χ2v) is 5.92. The molecule has 3 heteroatoms. The molecule has 1 aromatic carbocycles. The highest BCUT2D eigenvalue weighted by Crippen LogP contribution is 2.38. The van der Waals surface area contributed by atoms with E-state index in [4.69, 9.17) is 4.84 Å². The van der Waals surface area contributed by atoms with Gasteiger partial charge in [0.05, 0.1) is 12.6 Å². The van der Waals surface area contributed by atoms with Crippen molar-refractivity contribution >= 4 is 5.91 Å². The molecule has 1 aliphatic heterocycles. The third-order valence-electron chi connectivity index (χ3n) is 4.04. The molecular formula is C17H25NO2. The van der Waals surface area contributed by atoms with Gasteiger partial charge in [-0.15, -0.1) is 0 Å². The molecule has 20 heavy (non-hydrogen) atoms. The van der Waals surface area contributed by atoms with E-state index < -0.39 is 0 Å². The van der Waals surface area contributed by atoms with Gasteiger partial charge < -0.3 is 0 Å². The van der Waals surface area contributed by atoms with Crippen molar-refractivity contribution < 1.29 is 9.63 Å². The Morgan fingerprint density at radius 3 is 2.30 bits per heavy atom. The first-order valence-corrected chi connectivity index (χ1v) is 7.57. The highest BCUT2D eigenvalue weighted by Gasteiger charge is 2.38. The zero-order valence-corrected chi connectivity index (χ0v) is 12.7. The first kappa shape index (κ1) is 15.0. The van der Waals surface area contributed by atoms with Crippen molar-refractivity contribution in [3.8, 4) is 0 Å². The second kappa shape index (κ2) is 6.89. The van der Waals surface area contributed by atoms with Gasteiger partial charge in [0.2, 0.25) is 5.91 Å².